The largest absolute Gasteiger partial charge is 0.455 e. The van der Waals surface area contributed by atoms with E-state index in [0.717, 1.165) is 19.3 Å². The van der Waals surface area contributed by atoms with Crippen LogP contribution < -0.4 is 0 Å². The molecule has 0 aromatic rings. The fraction of sp³-hybridized carbons (Fsp3) is 0.824. The van der Waals surface area contributed by atoms with Crippen LogP contribution in [0.2, 0.25) is 0 Å². The molecule has 41 heavy (non-hydrogen) atoms. The van der Waals surface area contributed by atoms with E-state index in [1.807, 2.05) is 13.8 Å². The molecule has 0 saturated heterocycles. The van der Waals surface area contributed by atoms with Gasteiger partial charge in [-0.05, 0) is 24.5 Å². The smallest absolute Gasteiger partial charge is 0.306 e. The van der Waals surface area contributed by atoms with Crippen molar-refractivity contribution in [1.82, 2.24) is 0 Å². The molecule has 0 bridgehead atoms. The fourth-order valence-electron chi connectivity index (χ4n) is 8.84. The molecule has 0 aromatic heterocycles. The molecule has 2 saturated carbocycles. The quantitative estimate of drug-likeness (QED) is 0.128. The van der Waals surface area contributed by atoms with Gasteiger partial charge in [-0.15, -0.1) is 0 Å². The number of hydrogen-bond donors (Lipinski definition) is 4. The Bertz CT molecular complexity index is 1050. The van der Waals surface area contributed by atoms with E-state index in [0.29, 0.717) is 11.1 Å². The number of fused-ring (bicyclic) bond motifs is 5. The lowest BCUT2D eigenvalue weighted by Crippen LogP contribution is -2.65. The minimum atomic E-state index is -1.89. The second kappa shape index (κ2) is 12.2. The predicted molar refractivity (Wildman–Crippen MR) is 158 cm³/mol. The standard InChI is InChI=1S/C34H54O7/c1-6-7-8-9-10-11-12-13-14-15-16-17-27(36)41-34-28(31(34,4)5)25-19-24(21-35)20-32(39)26(18-22(2)29(32)37)33(25,40)23(3)30(34)38/h18-19,23,25-26,28,30,35,38-40H,6-17,20-21H2,1-5H3/t23-,25+,26-,28+,30-,32-,33-,34-/m1/s1. The minimum Gasteiger partial charge on any atom is -0.455 e. The Morgan fingerprint density at radius 3 is 2.10 bits per heavy atom. The number of esters is 1. The molecule has 2 fully saturated rings. The van der Waals surface area contributed by atoms with E-state index in [9.17, 15) is 30.0 Å². The van der Waals surface area contributed by atoms with Gasteiger partial charge in [-0.1, -0.05) is 104 Å². The summed E-state index contributed by atoms with van der Waals surface area (Å²) in [5.74, 6) is -3.60. The molecule has 0 aromatic carbocycles. The fourth-order valence-corrected chi connectivity index (χ4v) is 8.84. The van der Waals surface area contributed by atoms with Gasteiger partial charge in [0, 0.05) is 41.9 Å². The van der Waals surface area contributed by atoms with E-state index in [-0.39, 0.29) is 25.4 Å². The number of aliphatic hydroxyl groups excluding tert-OH is 2. The molecule has 0 aliphatic heterocycles. The normalized spacial score (nSPS) is 38.8. The summed E-state index contributed by atoms with van der Waals surface area (Å²) in [5, 5.41) is 45.9. The molecule has 0 amide bonds. The molecule has 7 nitrogen and oxygen atoms in total. The molecule has 0 heterocycles. The van der Waals surface area contributed by atoms with E-state index in [2.05, 4.69) is 6.92 Å². The van der Waals surface area contributed by atoms with Crippen LogP contribution in [-0.4, -0.2) is 61.7 Å². The molecule has 0 spiro atoms. The van der Waals surface area contributed by atoms with Gasteiger partial charge in [0.25, 0.3) is 0 Å². The third kappa shape index (κ3) is 5.27. The number of hydrogen-bond acceptors (Lipinski definition) is 7. The van der Waals surface area contributed by atoms with E-state index in [4.69, 9.17) is 4.74 Å². The zero-order valence-corrected chi connectivity index (χ0v) is 26.0. The van der Waals surface area contributed by atoms with Crippen molar-refractivity contribution >= 4 is 11.8 Å². The molecule has 4 N–H and O–H groups in total. The van der Waals surface area contributed by atoms with Crippen molar-refractivity contribution < 1.29 is 34.8 Å². The average molecular weight is 575 g/mol. The van der Waals surface area contributed by atoms with Gasteiger partial charge in [0.05, 0.1) is 18.3 Å². The number of aliphatic hydroxyl groups is 4. The van der Waals surface area contributed by atoms with Gasteiger partial charge in [0.15, 0.2) is 5.78 Å². The van der Waals surface area contributed by atoms with Crippen LogP contribution in [0, 0.1) is 29.1 Å². The van der Waals surface area contributed by atoms with E-state index >= 15 is 0 Å². The lowest BCUT2D eigenvalue weighted by molar-refractivity contribution is -0.219. The zero-order valence-electron chi connectivity index (χ0n) is 26.0. The molecular weight excluding hydrogens is 520 g/mol. The SMILES string of the molecule is CCCCCCCCCCCCCC(=O)O[C@@]12[C@H](O)[C@@H](C)[C@@]3(O)[C@@H](C=C(CO)C[C@]4(O)C(=O)C(C)=C[C@@H]34)[C@H]1C2(C)C. The second-order valence-electron chi connectivity index (χ2n) is 14.1. The summed E-state index contributed by atoms with van der Waals surface area (Å²) in [7, 11) is 0. The summed E-state index contributed by atoms with van der Waals surface area (Å²) in [6.07, 6.45) is 15.5. The van der Waals surface area contributed by atoms with E-state index < -0.39 is 57.8 Å². The number of rotatable bonds is 14. The highest BCUT2D eigenvalue weighted by Crippen LogP contribution is 2.76. The maximum absolute atomic E-state index is 13.1. The van der Waals surface area contributed by atoms with Crippen LogP contribution >= 0.6 is 0 Å². The molecule has 4 rings (SSSR count). The summed E-state index contributed by atoms with van der Waals surface area (Å²) >= 11 is 0. The van der Waals surface area contributed by atoms with Crippen LogP contribution in [0.5, 0.6) is 0 Å². The van der Waals surface area contributed by atoms with E-state index in [1.54, 1.807) is 26.0 Å². The van der Waals surface area contributed by atoms with Gasteiger partial charge in [0.2, 0.25) is 0 Å². The first-order chi connectivity index (χ1) is 19.3. The molecule has 4 aliphatic rings. The number of ketones is 1. The van der Waals surface area contributed by atoms with Gasteiger partial charge in [-0.2, -0.15) is 0 Å². The van der Waals surface area contributed by atoms with Crippen molar-refractivity contribution in [3.63, 3.8) is 0 Å². The monoisotopic (exact) mass is 574 g/mol. The third-order valence-electron chi connectivity index (χ3n) is 11.3. The van der Waals surface area contributed by atoms with Crippen LogP contribution in [-0.2, 0) is 14.3 Å². The van der Waals surface area contributed by atoms with Crippen LogP contribution in [0.15, 0.2) is 23.3 Å². The first kappa shape index (κ1) is 32.4. The van der Waals surface area contributed by atoms with Gasteiger partial charge < -0.3 is 25.2 Å². The maximum atomic E-state index is 13.1. The molecular formula is C34H54O7. The zero-order chi connectivity index (χ0) is 30.2. The number of carbonyl (C=O) groups is 2. The van der Waals surface area contributed by atoms with Gasteiger partial charge in [0.1, 0.15) is 11.2 Å². The van der Waals surface area contributed by atoms with Crippen molar-refractivity contribution in [2.45, 2.75) is 141 Å². The summed E-state index contributed by atoms with van der Waals surface area (Å²) in [6.45, 7) is 9.10. The van der Waals surface area contributed by atoms with Crippen molar-refractivity contribution in [2.24, 2.45) is 29.1 Å². The lowest BCUT2D eigenvalue weighted by Gasteiger charge is -2.52. The van der Waals surface area contributed by atoms with Crippen LogP contribution in [0.3, 0.4) is 0 Å². The molecule has 4 aliphatic carbocycles. The topological polar surface area (TPSA) is 124 Å². The summed E-state index contributed by atoms with van der Waals surface area (Å²) in [5.41, 5.74) is -4.54. The average Bonchev–Trinajstić information content (AvgIpc) is 3.36. The van der Waals surface area contributed by atoms with Crippen LogP contribution in [0.25, 0.3) is 0 Å². The van der Waals surface area contributed by atoms with Crippen LogP contribution in [0.4, 0.5) is 0 Å². The minimum absolute atomic E-state index is 0.0821. The molecule has 8 atom stereocenters. The first-order valence-electron chi connectivity index (χ1n) is 16.2. The summed E-state index contributed by atoms with van der Waals surface area (Å²) < 4.78 is 6.19. The number of unbranched alkanes of at least 4 members (excludes halogenated alkanes) is 10. The Balaban J connectivity index is 1.41. The summed E-state index contributed by atoms with van der Waals surface area (Å²) in [4.78, 5) is 26.2. The molecule has 0 unspecified atom stereocenters. The third-order valence-corrected chi connectivity index (χ3v) is 11.3. The summed E-state index contributed by atoms with van der Waals surface area (Å²) in [6, 6.07) is 0. The molecule has 7 heteroatoms. The van der Waals surface area contributed by atoms with Gasteiger partial charge in [-0.3, -0.25) is 9.59 Å². The van der Waals surface area contributed by atoms with E-state index in [1.165, 1.54) is 51.4 Å². The lowest BCUT2D eigenvalue weighted by atomic mass is 9.59. The Morgan fingerprint density at radius 2 is 1.54 bits per heavy atom. The number of Topliss-reactive ketones (excluding diaryl/α,β-unsaturated/α-hetero) is 1. The predicted octanol–water partition coefficient (Wildman–Crippen LogP) is 5.18. The molecule has 0 radical (unpaired) electrons. The Hall–Kier alpha value is -1.54. The highest BCUT2D eigenvalue weighted by atomic mass is 16.6. The first-order valence-corrected chi connectivity index (χ1v) is 16.2. The Labute approximate surface area is 246 Å². The van der Waals surface area contributed by atoms with Gasteiger partial charge in [-0.25, -0.2) is 0 Å². The number of ether oxygens (including phenoxy) is 1. The second-order valence-corrected chi connectivity index (χ2v) is 14.1. The Morgan fingerprint density at radius 1 is 0.976 bits per heavy atom. The van der Waals surface area contributed by atoms with Crippen molar-refractivity contribution in [3.05, 3.63) is 23.3 Å². The highest BCUT2D eigenvalue weighted by Gasteiger charge is 2.86. The molecule has 232 valence electrons. The van der Waals surface area contributed by atoms with Crippen molar-refractivity contribution in [3.8, 4) is 0 Å². The maximum Gasteiger partial charge on any atom is 0.306 e. The Kier molecular flexibility index (Phi) is 9.65. The van der Waals surface area contributed by atoms with Crippen LogP contribution in [0.1, 0.15) is 118 Å². The highest BCUT2D eigenvalue weighted by molar-refractivity contribution is 6.04. The van der Waals surface area contributed by atoms with Crippen molar-refractivity contribution in [1.29, 1.82) is 0 Å². The number of carbonyl (C=O) groups excluding carboxylic acids is 2. The van der Waals surface area contributed by atoms with Crippen molar-refractivity contribution in [2.75, 3.05) is 6.61 Å². The van der Waals surface area contributed by atoms with Gasteiger partial charge >= 0.3 is 5.97 Å².